The van der Waals surface area contributed by atoms with Gasteiger partial charge in [-0.05, 0) is 41.8 Å². The van der Waals surface area contributed by atoms with E-state index in [-0.39, 0.29) is 17.9 Å². The number of rotatable bonds is 6. The molecule has 2 aromatic rings. The van der Waals surface area contributed by atoms with Crippen LogP contribution in [0, 0.1) is 0 Å². The summed E-state index contributed by atoms with van der Waals surface area (Å²) in [7, 11) is 0. The largest absolute Gasteiger partial charge is 0.572 e. The quantitative estimate of drug-likeness (QED) is 0.677. The molecule has 5 nitrogen and oxygen atoms in total. The zero-order valence-corrected chi connectivity index (χ0v) is 15.9. The summed E-state index contributed by atoms with van der Waals surface area (Å²) in [5.41, 5.74) is 2.97. The van der Waals surface area contributed by atoms with Crippen LogP contribution in [0.5, 0.6) is 0 Å². The second-order valence-electron chi connectivity index (χ2n) is 6.39. The van der Waals surface area contributed by atoms with E-state index in [1.807, 2.05) is 0 Å². The minimum atomic E-state index is -4.72. The normalized spacial score (nSPS) is 13.7. The number of alkyl halides is 3. The minimum absolute atomic E-state index is 0.0783. The highest BCUT2D eigenvalue weighted by molar-refractivity contribution is 6.03. The Hall–Kier alpha value is -3.68. The van der Waals surface area contributed by atoms with E-state index in [4.69, 9.17) is 0 Å². The molecule has 0 radical (unpaired) electrons. The monoisotopic (exact) mass is 413 g/mol. The minimum Gasteiger partial charge on any atom is -0.410 e. The Morgan fingerprint density at radius 2 is 2.00 bits per heavy atom. The van der Waals surface area contributed by atoms with Crippen LogP contribution in [0.3, 0.4) is 0 Å². The van der Waals surface area contributed by atoms with E-state index >= 15 is 0 Å². The highest BCUT2D eigenvalue weighted by Gasteiger charge is 2.32. The lowest BCUT2D eigenvalue weighted by Crippen LogP contribution is -2.15. The lowest BCUT2D eigenvalue weighted by Gasteiger charge is -2.19. The number of hydrogen-bond donors (Lipinski definition) is 1. The van der Waals surface area contributed by atoms with Crippen molar-refractivity contribution in [2.75, 3.05) is 5.32 Å². The molecule has 30 heavy (non-hydrogen) atoms. The first-order valence-electron chi connectivity index (χ1n) is 8.97. The molecule has 0 saturated heterocycles. The van der Waals surface area contributed by atoms with Gasteiger partial charge in [0.25, 0.3) is 5.91 Å². The number of allylic oxidation sites excluding steroid dienone is 5. The molecule has 154 valence electrons. The van der Waals surface area contributed by atoms with Gasteiger partial charge in [-0.1, -0.05) is 31.4 Å². The lowest BCUT2D eigenvalue weighted by molar-refractivity contribution is -0.306. The summed E-state index contributed by atoms with van der Waals surface area (Å²) in [6.45, 7) is 7.78. The van der Waals surface area contributed by atoms with Crippen molar-refractivity contribution in [1.29, 1.82) is 0 Å². The molecular formula is C22H18F3N3O2. The van der Waals surface area contributed by atoms with Crippen molar-refractivity contribution in [3.63, 3.8) is 0 Å². The fourth-order valence-electron chi connectivity index (χ4n) is 2.89. The second-order valence-corrected chi connectivity index (χ2v) is 6.39. The van der Waals surface area contributed by atoms with E-state index < -0.39 is 12.3 Å². The smallest absolute Gasteiger partial charge is 0.410 e. The Morgan fingerprint density at radius 3 is 2.60 bits per heavy atom. The number of carbonyl (C=O) groups excluding carboxylic acids is 1. The third-order valence-electron chi connectivity index (χ3n) is 4.33. The number of pyridine rings is 2. The summed E-state index contributed by atoms with van der Waals surface area (Å²) in [5, 5.41) is 2.70. The van der Waals surface area contributed by atoms with Gasteiger partial charge in [-0.3, -0.25) is 9.78 Å². The highest BCUT2D eigenvalue weighted by Crippen LogP contribution is 2.33. The lowest BCUT2D eigenvalue weighted by atomic mass is 9.93. The molecule has 1 N–H and O–H groups in total. The Morgan fingerprint density at radius 1 is 1.20 bits per heavy atom. The number of hydrogen-bond acceptors (Lipinski definition) is 4. The molecule has 0 fully saturated rings. The van der Waals surface area contributed by atoms with Gasteiger partial charge in [0.2, 0.25) is 0 Å². The zero-order valence-electron chi connectivity index (χ0n) is 15.9. The third-order valence-corrected chi connectivity index (χ3v) is 4.33. The first kappa shape index (κ1) is 21.0. The first-order valence-corrected chi connectivity index (χ1v) is 8.97. The standard InChI is InChI=1S/C22H18F3N3O2/c1-3-15-8-11-19(21(29)27-17-5-4-12-26-13-17)28-20(15)14(2)16-6-9-18(10-7-16)30-22(23,24)25/h3-6,8-9,11-13H,1-2,7,10H2,(H,27,29). The van der Waals surface area contributed by atoms with E-state index in [9.17, 15) is 18.0 Å². The van der Waals surface area contributed by atoms with Crippen molar-refractivity contribution in [1.82, 2.24) is 9.97 Å². The van der Waals surface area contributed by atoms with Crippen LogP contribution in [-0.4, -0.2) is 22.2 Å². The van der Waals surface area contributed by atoms with Crippen LogP contribution in [0.25, 0.3) is 11.6 Å². The fourth-order valence-corrected chi connectivity index (χ4v) is 2.89. The molecule has 1 aliphatic rings. The van der Waals surface area contributed by atoms with Gasteiger partial charge < -0.3 is 10.1 Å². The van der Waals surface area contributed by atoms with Crippen molar-refractivity contribution in [2.24, 2.45) is 0 Å². The summed E-state index contributed by atoms with van der Waals surface area (Å²) in [4.78, 5) is 20.9. The van der Waals surface area contributed by atoms with Gasteiger partial charge in [0.15, 0.2) is 0 Å². The topological polar surface area (TPSA) is 64.1 Å². The number of aromatic nitrogens is 2. The van der Waals surface area contributed by atoms with Crippen LogP contribution in [0.4, 0.5) is 18.9 Å². The number of anilines is 1. The predicted molar refractivity (Wildman–Crippen MR) is 108 cm³/mol. The average Bonchev–Trinajstić information content (AvgIpc) is 2.73. The summed E-state index contributed by atoms with van der Waals surface area (Å²) in [5.74, 6) is -0.591. The van der Waals surface area contributed by atoms with Crippen molar-refractivity contribution in [3.8, 4) is 0 Å². The van der Waals surface area contributed by atoms with E-state index in [2.05, 4.69) is 33.2 Å². The molecule has 0 aromatic carbocycles. The maximum Gasteiger partial charge on any atom is 0.572 e. The molecule has 0 aliphatic heterocycles. The van der Waals surface area contributed by atoms with Crippen molar-refractivity contribution < 1.29 is 22.7 Å². The zero-order chi connectivity index (χ0) is 21.7. The average molecular weight is 413 g/mol. The summed E-state index contributed by atoms with van der Waals surface area (Å²) in [6, 6.07) is 6.64. The van der Waals surface area contributed by atoms with Crippen molar-refractivity contribution >= 4 is 23.2 Å². The van der Waals surface area contributed by atoms with Crippen LogP contribution in [0.2, 0.25) is 0 Å². The second kappa shape index (κ2) is 8.77. The van der Waals surface area contributed by atoms with Gasteiger partial charge >= 0.3 is 6.36 Å². The summed E-state index contributed by atoms with van der Waals surface area (Å²) >= 11 is 0. The fraction of sp³-hybridized carbons (Fsp3) is 0.136. The van der Waals surface area contributed by atoms with Crippen LogP contribution in [0.1, 0.15) is 34.6 Å². The van der Waals surface area contributed by atoms with E-state index in [0.29, 0.717) is 34.5 Å². The molecule has 2 heterocycles. The number of nitrogens with one attached hydrogen (secondary N) is 1. The molecule has 3 rings (SSSR count). The van der Waals surface area contributed by atoms with Crippen LogP contribution >= 0.6 is 0 Å². The third kappa shape index (κ3) is 5.22. The molecule has 1 amide bonds. The number of halogens is 3. The van der Waals surface area contributed by atoms with E-state index in [1.54, 1.807) is 36.5 Å². The van der Waals surface area contributed by atoms with Gasteiger partial charge in [0.05, 0.1) is 17.6 Å². The summed E-state index contributed by atoms with van der Waals surface area (Å²) in [6.07, 6.45) is 3.12. The van der Waals surface area contributed by atoms with Crippen molar-refractivity contribution in [3.05, 3.63) is 90.3 Å². The maximum absolute atomic E-state index is 12.5. The number of amides is 1. The molecular weight excluding hydrogens is 395 g/mol. The highest BCUT2D eigenvalue weighted by atomic mass is 19.4. The van der Waals surface area contributed by atoms with Crippen LogP contribution < -0.4 is 5.32 Å². The van der Waals surface area contributed by atoms with Gasteiger partial charge in [-0.25, -0.2) is 4.98 Å². The molecule has 8 heteroatoms. The van der Waals surface area contributed by atoms with Crippen LogP contribution in [0.15, 0.2) is 73.3 Å². The Balaban J connectivity index is 1.84. The Labute approximate surface area is 171 Å². The van der Waals surface area contributed by atoms with Gasteiger partial charge in [-0.2, -0.15) is 0 Å². The molecule has 0 spiro atoms. The summed E-state index contributed by atoms with van der Waals surface area (Å²) < 4.78 is 41.1. The molecule has 2 aromatic heterocycles. The number of nitrogens with zero attached hydrogens (tertiary/aromatic N) is 2. The molecule has 0 atom stereocenters. The van der Waals surface area contributed by atoms with Gasteiger partial charge in [0.1, 0.15) is 11.5 Å². The van der Waals surface area contributed by atoms with E-state index in [1.165, 1.54) is 18.3 Å². The predicted octanol–water partition coefficient (Wildman–Crippen LogP) is 5.53. The molecule has 0 unspecified atom stereocenters. The number of carbonyl (C=O) groups is 1. The SMILES string of the molecule is C=Cc1ccc(C(=O)Nc2cccnc2)nc1C(=C)C1=CC=C(OC(F)(F)F)CC1. The first-order chi connectivity index (χ1) is 14.3. The van der Waals surface area contributed by atoms with Gasteiger partial charge in [0, 0.05) is 18.2 Å². The van der Waals surface area contributed by atoms with Crippen molar-refractivity contribution in [2.45, 2.75) is 19.2 Å². The maximum atomic E-state index is 12.5. The van der Waals surface area contributed by atoms with E-state index in [0.717, 1.165) is 0 Å². The molecule has 1 aliphatic carbocycles. The molecule has 0 saturated carbocycles. The van der Waals surface area contributed by atoms with Crippen LogP contribution in [-0.2, 0) is 4.74 Å². The Kier molecular flexibility index (Phi) is 6.15. The molecule has 0 bridgehead atoms. The Bertz CT molecular complexity index is 1040. The van der Waals surface area contributed by atoms with Gasteiger partial charge in [-0.15, -0.1) is 13.2 Å². The number of ether oxygens (including phenoxy) is 1.